The molecule has 1 nitrogen and oxygen atoms in total. The zero-order valence-electron chi connectivity index (χ0n) is 5.60. The largest absolute Gasteiger partial charge is 0.300 e. The normalized spacial score (nSPS) is 26.7. The van der Waals surface area contributed by atoms with Gasteiger partial charge in [-0.2, -0.15) is 0 Å². The van der Waals surface area contributed by atoms with Crippen molar-refractivity contribution in [2.75, 3.05) is 0 Å². The lowest BCUT2D eigenvalue weighted by Gasteiger charge is -1.99. The number of hydrogen-bond donors (Lipinski definition) is 0. The summed E-state index contributed by atoms with van der Waals surface area (Å²) in [6.07, 6.45) is 5.62. The van der Waals surface area contributed by atoms with E-state index in [0.717, 1.165) is 25.7 Å². The summed E-state index contributed by atoms with van der Waals surface area (Å²) in [7, 11) is 0. The van der Waals surface area contributed by atoms with Gasteiger partial charge < -0.3 is 0 Å². The van der Waals surface area contributed by atoms with Crippen LogP contribution in [0.1, 0.15) is 25.7 Å². The van der Waals surface area contributed by atoms with Gasteiger partial charge in [-0.3, -0.25) is 4.79 Å². The average Bonchev–Trinajstić information content (AvgIpc) is 2.17. The highest BCUT2D eigenvalue weighted by Gasteiger charge is 2.19. The average molecular weight is 124 g/mol. The SMILES string of the molecule is C=CCC1CCC(=O)C1. The van der Waals surface area contributed by atoms with Gasteiger partial charge in [0.05, 0.1) is 0 Å². The Hall–Kier alpha value is -0.590. The van der Waals surface area contributed by atoms with Crippen molar-refractivity contribution < 1.29 is 4.79 Å². The maximum atomic E-state index is 10.7. The number of carbonyl (C=O) groups is 1. The Morgan fingerprint density at radius 3 is 3.00 bits per heavy atom. The van der Waals surface area contributed by atoms with Crippen LogP contribution in [-0.2, 0) is 4.79 Å². The molecule has 0 heterocycles. The fourth-order valence-electron chi connectivity index (χ4n) is 1.33. The lowest BCUT2D eigenvalue weighted by Crippen LogP contribution is -1.91. The second-order valence-electron chi connectivity index (χ2n) is 2.67. The molecule has 1 rings (SSSR count). The molecule has 0 saturated heterocycles. The molecule has 0 aliphatic heterocycles. The minimum Gasteiger partial charge on any atom is -0.300 e. The van der Waals surface area contributed by atoms with Crippen LogP contribution in [0.15, 0.2) is 12.7 Å². The van der Waals surface area contributed by atoms with Gasteiger partial charge in [0.2, 0.25) is 0 Å². The summed E-state index contributed by atoms with van der Waals surface area (Å²) >= 11 is 0. The Kier molecular flexibility index (Phi) is 2.04. The van der Waals surface area contributed by atoms with Crippen molar-refractivity contribution in [1.82, 2.24) is 0 Å². The minimum absolute atomic E-state index is 0.432. The van der Waals surface area contributed by atoms with Crippen LogP contribution in [0, 0.1) is 5.92 Å². The van der Waals surface area contributed by atoms with Crippen molar-refractivity contribution in [3.8, 4) is 0 Å². The summed E-state index contributed by atoms with van der Waals surface area (Å²) in [5, 5.41) is 0. The van der Waals surface area contributed by atoms with E-state index in [2.05, 4.69) is 6.58 Å². The molecule has 0 aromatic heterocycles. The van der Waals surface area contributed by atoms with Gasteiger partial charge in [0.25, 0.3) is 0 Å². The topological polar surface area (TPSA) is 17.1 Å². The molecule has 0 aromatic rings. The van der Waals surface area contributed by atoms with Crippen molar-refractivity contribution in [2.24, 2.45) is 5.92 Å². The van der Waals surface area contributed by atoms with Crippen LogP contribution in [0.25, 0.3) is 0 Å². The van der Waals surface area contributed by atoms with Crippen LogP contribution in [0.3, 0.4) is 0 Å². The van der Waals surface area contributed by atoms with E-state index in [1.165, 1.54) is 0 Å². The highest BCUT2D eigenvalue weighted by Crippen LogP contribution is 2.24. The molecule has 0 aromatic carbocycles. The minimum atomic E-state index is 0.432. The molecule has 50 valence electrons. The van der Waals surface area contributed by atoms with E-state index in [1.807, 2.05) is 6.08 Å². The van der Waals surface area contributed by atoms with Crippen LogP contribution in [0.2, 0.25) is 0 Å². The number of hydrogen-bond acceptors (Lipinski definition) is 1. The van der Waals surface area contributed by atoms with E-state index in [9.17, 15) is 4.79 Å². The molecule has 1 unspecified atom stereocenters. The fourth-order valence-corrected chi connectivity index (χ4v) is 1.33. The maximum absolute atomic E-state index is 10.7. The predicted octanol–water partition coefficient (Wildman–Crippen LogP) is 1.93. The van der Waals surface area contributed by atoms with Gasteiger partial charge in [-0.25, -0.2) is 0 Å². The number of ketones is 1. The monoisotopic (exact) mass is 124 g/mol. The van der Waals surface area contributed by atoms with Crippen LogP contribution in [0.4, 0.5) is 0 Å². The van der Waals surface area contributed by atoms with Crippen LogP contribution in [0.5, 0.6) is 0 Å². The molecule has 0 radical (unpaired) electrons. The number of carbonyl (C=O) groups excluding carboxylic acids is 1. The summed E-state index contributed by atoms with van der Waals surface area (Å²) in [5.41, 5.74) is 0. The zero-order chi connectivity index (χ0) is 6.69. The molecule has 0 bridgehead atoms. The first-order valence-electron chi connectivity index (χ1n) is 3.45. The molecule has 0 N–H and O–H groups in total. The Morgan fingerprint density at radius 2 is 2.56 bits per heavy atom. The third-order valence-electron chi connectivity index (χ3n) is 1.85. The van der Waals surface area contributed by atoms with E-state index >= 15 is 0 Å². The van der Waals surface area contributed by atoms with Gasteiger partial charge in [0.15, 0.2) is 0 Å². The fraction of sp³-hybridized carbons (Fsp3) is 0.625. The van der Waals surface area contributed by atoms with Gasteiger partial charge in [-0.05, 0) is 18.8 Å². The van der Waals surface area contributed by atoms with Gasteiger partial charge in [-0.1, -0.05) is 6.08 Å². The smallest absolute Gasteiger partial charge is 0.133 e. The van der Waals surface area contributed by atoms with Gasteiger partial charge >= 0.3 is 0 Å². The summed E-state index contributed by atoms with van der Waals surface area (Å²) in [6, 6.07) is 0. The van der Waals surface area contributed by atoms with Gasteiger partial charge in [-0.15, -0.1) is 6.58 Å². The van der Waals surface area contributed by atoms with Crippen molar-refractivity contribution in [3.05, 3.63) is 12.7 Å². The Labute approximate surface area is 55.8 Å². The van der Waals surface area contributed by atoms with Crippen molar-refractivity contribution >= 4 is 5.78 Å². The molecule has 9 heavy (non-hydrogen) atoms. The maximum Gasteiger partial charge on any atom is 0.133 e. The molecular formula is C8H12O. The van der Waals surface area contributed by atoms with E-state index in [-0.39, 0.29) is 0 Å². The Bertz CT molecular complexity index is 127. The summed E-state index contributed by atoms with van der Waals surface area (Å²) in [6.45, 7) is 3.64. The first kappa shape index (κ1) is 6.53. The molecule has 1 heteroatoms. The second-order valence-corrected chi connectivity index (χ2v) is 2.67. The van der Waals surface area contributed by atoms with Crippen LogP contribution in [-0.4, -0.2) is 5.78 Å². The molecule has 1 aliphatic carbocycles. The summed E-state index contributed by atoms with van der Waals surface area (Å²) in [5.74, 6) is 1.05. The van der Waals surface area contributed by atoms with Gasteiger partial charge in [0.1, 0.15) is 5.78 Å². The van der Waals surface area contributed by atoms with Crippen molar-refractivity contribution in [3.63, 3.8) is 0 Å². The molecular weight excluding hydrogens is 112 g/mol. The van der Waals surface area contributed by atoms with Crippen LogP contribution < -0.4 is 0 Å². The Balaban J connectivity index is 2.29. The van der Waals surface area contributed by atoms with Crippen LogP contribution >= 0.6 is 0 Å². The number of Topliss-reactive ketones (excluding diaryl/α,β-unsaturated/α-hetero) is 1. The van der Waals surface area contributed by atoms with E-state index in [4.69, 9.17) is 0 Å². The molecule has 0 spiro atoms. The highest BCUT2D eigenvalue weighted by molar-refractivity contribution is 5.80. The standard InChI is InChI=1S/C8H12O/c1-2-3-7-4-5-8(9)6-7/h2,7H,1,3-6H2. The summed E-state index contributed by atoms with van der Waals surface area (Å²) < 4.78 is 0. The summed E-state index contributed by atoms with van der Waals surface area (Å²) in [4.78, 5) is 10.7. The Morgan fingerprint density at radius 1 is 1.78 bits per heavy atom. The molecule has 0 amide bonds. The molecule has 1 saturated carbocycles. The highest BCUT2D eigenvalue weighted by atomic mass is 16.1. The third-order valence-corrected chi connectivity index (χ3v) is 1.85. The lowest BCUT2D eigenvalue weighted by atomic mass is 10.1. The van der Waals surface area contributed by atoms with E-state index < -0.39 is 0 Å². The third kappa shape index (κ3) is 1.67. The van der Waals surface area contributed by atoms with E-state index in [1.54, 1.807) is 0 Å². The second kappa shape index (κ2) is 2.81. The first-order valence-corrected chi connectivity index (χ1v) is 3.45. The zero-order valence-corrected chi connectivity index (χ0v) is 5.60. The number of allylic oxidation sites excluding steroid dienone is 1. The quantitative estimate of drug-likeness (QED) is 0.514. The lowest BCUT2D eigenvalue weighted by molar-refractivity contribution is -0.117. The van der Waals surface area contributed by atoms with Gasteiger partial charge in [0, 0.05) is 12.8 Å². The predicted molar refractivity (Wildman–Crippen MR) is 37.2 cm³/mol. The molecule has 1 fully saturated rings. The molecule has 1 atom stereocenters. The molecule has 1 aliphatic rings. The van der Waals surface area contributed by atoms with E-state index in [0.29, 0.717) is 11.7 Å². The van der Waals surface area contributed by atoms with Crippen molar-refractivity contribution in [2.45, 2.75) is 25.7 Å². The number of rotatable bonds is 2. The first-order chi connectivity index (χ1) is 4.33. The van der Waals surface area contributed by atoms with Crippen molar-refractivity contribution in [1.29, 1.82) is 0 Å².